The molecule has 25 heavy (non-hydrogen) atoms. The number of benzene rings is 1. The lowest BCUT2D eigenvalue weighted by Crippen LogP contribution is -2.39. The van der Waals surface area contributed by atoms with Crippen LogP contribution in [0, 0.1) is 5.92 Å². The summed E-state index contributed by atoms with van der Waals surface area (Å²) in [5.74, 6) is 3.22. The van der Waals surface area contributed by atoms with Gasteiger partial charge < -0.3 is 15.4 Å². The van der Waals surface area contributed by atoms with Crippen molar-refractivity contribution in [2.45, 2.75) is 18.4 Å². The van der Waals surface area contributed by atoms with Crippen molar-refractivity contribution in [3.63, 3.8) is 0 Å². The average Bonchev–Trinajstić information content (AvgIpc) is 2.67. The number of guanidine groups is 1. The first-order valence-electron chi connectivity index (χ1n) is 8.33. The van der Waals surface area contributed by atoms with E-state index < -0.39 is 0 Å². The van der Waals surface area contributed by atoms with E-state index in [0.29, 0.717) is 12.5 Å². The van der Waals surface area contributed by atoms with Crippen LogP contribution < -0.4 is 15.4 Å². The molecule has 2 rings (SSSR count). The topological polar surface area (TPSA) is 58.5 Å². The van der Waals surface area contributed by atoms with E-state index >= 15 is 0 Å². The number of aliphatic imine (C=N–C) groups is 1. The van der Waals surface area contributed by atoms with Crippen LogP contribution in [0.1, 0.15) is 12.6 Å². The number of methoxy groups -OCH3 is 1. The Balaban J connectivity index is 1.73. The van der Waals surface area contributed by atoms with Gasteiger partial charge >= 0.3 is 0 Å². The number of para-hydroxylation sites is 1. The van der Waals surface area contributed by atoms with Crippen molar-refractivity contribution in [3.05, 3.63) is 54.4 Å². The van der Waals surface area contributed by atoms with Gasteiger partial charge in [0.15, 0.2) is 5.96 Å². The number of rotatable bonds is 8. The summed E-state index contributed by atoms with van der Waals surface area (Å²) in [6.07, 6.45) is 1.80. The third kappa shape index (κ3) is 6.66. The molecule has 134 valence electrons. The molecule has 2 N–H and O–H groups in total. The smallest absolute Gasteiger partial charge is 0.191 e. The van der Waals surface area contributed by atoms with E-state index in [-0.39, 0.29) is 0 Å². The second-order valence-electron chi connectivity index (χ2n) is 5.69. The van der Waals surface area contributed by atoms with E-state index in [1.165, 1.54) is 4.90 Å². The highest BCUT2D eigenvalue weighted by molar-refractivity contribution is 7.99. The Hall–Kier alpha value is -2.21. The van der Waals surface area contributed by atoms with Crippen molar-refractivity contribution in [2.75, 3.05) is 26.5 Å². The summed E-state index contributed by atoms with van der Waals surface area (Å²) in [6.45, 7) is 3.73. The zero-order valence-electron chi connectivity index (χ0n) is 15.0. The van der Waals surface area contributed by atoms with E-state index in [4.69, 9.17) is 4.74 Å². The molecule has 0 radical (unpaired) electrons. The van der Waals surface area contributed by atoms with Gasteiger partial charge in [-0.05, 0) is 30.2 Å². The first-order valence-corrected chi connectivity index (χ1v) is 9.31. The summed E-state index contributed by atoms with van der Waals surface area (Å²) in [4.78, 5) is 9.74. The maximum atomic E-state index is 5.40. The minimum absolute atomic E-state index is 0.489. The molecule has 1 unspecified atom stereocenters. The van der Waals surface area contributed by atoms with Crippen LogP contribution in [0.4, 0.5) is 0 Å². The summed E-state index contributed by atoms with van der Waals surface area (Å²) < 4.78 is 5.40. The Bertz CT molecular complexity index is 663. The molecule has 1 atom stereocenters. The van der Waals surface area contributed by atoms with E-state index in [0.717, 1.165) is 29.7 Å². The summed E-state index contributed by atoms with van der Waals surface area (Å²) in [5, 5.41) is 6.65. The van der Waals surface area contributed by atoms with Gasteiger partial charge in [-0.15, -0.1) is 11.8 Å². The Labute approximate surface area is 154 Å². The highest BCUT2D eigenvalue weighted by atomic mass is 32.2. The van der Waals surface area contributed by atoms with Crippen molar-refractivity contribution < 1.29 is 4.74 Å². The zero-order valence-corrected chi connectivity index (χ0v) is 15.8. The quantitative estimate of drug-likeness (QED) is 0.431. The van der Waals surface area contributed by atoms with Gasteiger partial charge in [0, 0.05) is 30.4 Å². The second-order valence-corrected chi connectivity index (χ2v) is 6.76. The Morgan fingerprint density at radius 2 is 2.00 bits per heavy atom. The molecule has 1 aromatic heterocycles. The van der Waals surface area contributed by atoms with E-state index in [9.17, 15) is 0 Å². The SMILES string of the molecule is CN=C(NCc1ccccn1)NCC(C)CSc1ccccc1OC. The fraction of sp³-hybridized carbons (Fsp3) is 0.368. The number of aromatic nitrogens is 1. The minimum atomic E-state index is 0.489. The fourth-order valence-electron chi connectivity index (χ4n) is 2.20. The lowest BCUT2D eigenvalue weighted by Gasteiger charge is -2.16. The van der Waals surface area contributed by atoms with Crippen molar-refractivity contribution in [1.29, 1.82) is 0 Å². The first-order chi connectivity index (χ1) is 12.2. The molecule has 0 aliphatic carbocycles. The molecule has 0 saturated heterocycles. The molecule has 0 spiro atoms. The zero-order chi connectivity index (χ0) is 17.9. The molecule has 0 aliphatic heterocycles. The molecule has 0 bridgehead atoms. The molecule has 5 nitrogen and oxygen atoms in total. The van der Waals surface area contributed by atoms with Gasteiger partial charge in [0.05, 0.1) is 19.3 Å². The van der Waals surface area contributed by atoms with Gasteiger partial charge in [0.25, 0.3) is 0 Å². The maximum absolute atomic E-state index is 5.40. The third-order valence-electron chi connectivity index (χ3n) is 3.60. The van der Waals surface area contributed by atoms with Gasteiger partial charge in [-0.2, -0.15) is 0 Å². The minimum Gasteiger partial charge on any atom is -0.496 e. The van der Waals surface area contributed by atoms with Crippen molar-refractivity contribution >= 4 is 17.7 Å². The maximum Gasteiger partial charge on any atom is 0.191 e. The Morgan fingerprint density at radius 3 is 2.72 bits per heavy atom. The molecule has 0 aliphatic rings. The number of hydrogen-bond donors (Lipinski definition) is 2. The molecule has 0 fully saturated rings. The van der Waals surface area contributed by atoms with Crippen molar-refractivity contribution in [2.24, 2.45) is 10.9 Å². The molecule has 1 aromatic carbocycles. The lowest BCUT2D eigenvalue weighted by molar-refractivity contribution is 0.405. The molecule has 6 heteroatoms. The van der Waals surface area contributed by atoms with Crippen LogP contribution in [0.25, 0.3) is 0 Å². The second kappa shape index (κ2) is 10.6. The van der Waals surface area contributed by atoms with Crippen LogP contribution in [-0.4, -0.2) is 37.4 Å². The number of thioether (sulfide) groups is 1. The number of hydrogen-bond acceptors (Lipinski definition) is 4. The van der Waals surface area contributed by atoms with Crippen LogP contribution in [0.5, 0.6) is 5.75 Å². The van der Waals surface area contributed by atoms with Gasteiger partial charge in [-0.1, -0.05) is 25.1 Å². The summed E-state index contributed by atoms with van der Waals surface area (Å²) in [7, 11) is 3.49. The normalized spacial score (nSPS) is 12.5. The van der Waals surface area contributed by atoms with Gasteiger partial charge in [0.1, 0.15) is 5.75 Å². The van der Waals surface area contributed by atoms with E-state index in [1.807, 2.05) is 48.2 Å². The molecule has 1 heterocycles. The molecule has 0 amide bonds. The van der Waals surface area contributed by atoms with E-state index in [2.05, 4.69) is 33.6 Å². The van der Waals surface area contributed by atoms with Crippen LogP contribution in [-0.2, 0) is 6.54 Å². The molecule has 0 saturated carbocycles. The molecular formula is C19H26N4OS. The number of nitrogens with one attached hydrogen (secondary N) is 2. The highest BCUT2D eigenvalue weighted by Crippen LogP contribution is 2.29. The third-order valence-corrected chi connectivity index (χ3v) is 4.98. The fourth-order valence-corrected chi connectivity index (χ4v) is 3.25. The van der Waals surface area contributed by atoms with Crippen LogP contribution in [0.3, 0.4) is 0 Å². The predicted octanol–water partition coefficient (Wildman–Crippen LogP) is 3.18. The van der Waals surface area contributed by atoms with Crippen LogP contribution in [0.15, 0.2) is 58.5 Å². The van der Waals surface area contributed by atoms with E-state index in [1.54, 1.807) is 20.4 Å². The lowest BCUT2D eigenvalue weighted by atomic mass is 10.2. The monoisotopic (exact) mass is 358 g/mol. The van der Waals surface area contributed by atoms with Crippen LogP contribution >= 0.6 is 11.8 Å². The Morgan fingerprint density at radius 1 is 1.20 bits per heavy atom. The molecular weight excluding hydrogens is 332 g/mol. The number of pyridine rings is 1. The van der Waals surface area contributed by atoms with Gasteiger partial charge in [0.2, 0.25) is 0 Å². The van der Waals surface area contributed by atoms with Crippen molar-refractivity contribution in [3.8, 4) is 5.75 Å². The average molecular weight is 359 g/mol. The van der Waals surface area contributed by atoms with Gasteiger partial charge in [-0.3, -0.25) is 9.98 Å². The standard InChI is InChI=1S/C19H26N4OS/c1-15(14-25-18-10-5-4-9-17(18)24-3)12-22-19(20-2)23-13-16-8-6-7-11-21-16/h4-11,15H,12-14H2,1-3H3,(H2,20,22,23). The number of nitrogens with zero attached hydrogens (tertiary/aromatic N) is 2. The first kappa shape index (κ1) is 19.1. The molecule has 2 aromatic rings. The Kier molecular flexibility index (Phi) is 8.12. The summed E-state index contributed by atoms with van der Waals surface area (Å²) >= 11 is 1.81. The predicted molar refractivity (Wildman–Crippen MR) is 105 cm³/mol. The highest BCUT2D eigenvalue weighted by Gasteiger charge is 2.08. The largest absolute Gasteiger partial charge is 0.496 e. The van der Waals surface area contributed by atoms with Crippen LogP contribution in [0.2, 0.25) is 0 Å². The van der Waals surface area contributed by atoms with Crippen molar-refractivity contribution in [1.82, 2.24) is 15.6 Å². The summed E-state index contributed by atoms with van der Waals surface area (Å²) in [6, 6.07) is 14.0. The van der Waals surface area contributed by atoms with Gasteiger partial charge in [-0.25, -0.2) is 0 Å². The summed E-state index contributed by atoms with van der Waals surface area (Å²) in [5.41, 5.74) is 0.991. The number of ether oxygens (including phenoxy) is 1.